The molecule has 0 fully saturated rings. The first-order valence-corrected chi connectivity index (χ1v) is 7.69. The van der Waals surface area contributed by atoms with E-state index in [0.29, 0.717) is 0 Å². The fraction of sp³-hybridized carbons (Fsp3) is 0.235. The molecule has 0 aliphatic heterocycles. The molecule has 0 bridgehead atoms. The van der Waals surface area contributed by atoms with E-state index in [1.807, 2.05) is 50.2 Å². The third kappa shape index (κ3) is 4.33. The van der Waals surface area contributed by atoms with Gasteiger partial charge in [0.25, 0.3) is 0 Å². The van der Waals surface area contributed by atoms with Crippen molar-refractivity contribution in [2.45, 2.75) is 20.8 Å². The summed E-state index contributed by atoms with van der Waals surface area (Å²) >= 11 is 3.49. The van der Waals surface area contributed by atoms with Gasteiger partial charge in [-0.25, -0.2) is 0 Å². The molecule has 2 aromatic carbocycles. The third-order valence-corrected chi connectivity index (χ3v) is 4.01. The molecule has 3 nitrogen and oxygen atoms in total. The molecule has 0 aromatic heterocycles. The van der Waals surface area contributed by atoms with E-state index in [1.54, 1.807) is 0 Å². The molecular formula is C17H19BrN2O. The van der Waals surface area contributed by atoms with Crippen LogP contribution in [0.1, 0.15) is 19.4 Å². The van der Waals surface area contributed by atoms with Gasteiger partial charge in [-0.3, -0.25) is 4.79 Å². The van der Waals surface area contributed by atoms with Gasteiger partial charge in [0.15, 0.2) is 0 Å². The second-order valence-electron chi connectivity index (χ2n) is 5.31. The Hall–Kier alpha value is -1.81. The van der Waals surface area contributed by atoms with Crippen molar-refractivity contribution in [3.05, 3.63) is 52.5 Å². The van der Waals surface area contributed by atoms with Crippen LogP contribution in [0.3, 0.4) is 0 Å². The number of carbonyl (C=O) groups is 1. The fourth-order valence-corrected chi connectivity index (χ4v) is 2.06. The molecule has 110 valence electrons. The average Bonchev–Trinajstić information content (AvgIpc) is 2.45. The lowest BCUT2D eigenvalue weighted by atomic mass is 10.2. The molecule has 0 saturated carbocycles. The summed E-state index contributed by atoms with van der Waals surface area (Å²) in [5.41, 5.74) is 4.01. The second-order valence-corrected chi connectivity index (χ2v) is 6.16. The second kappa shape index (κ2) is 6.76. The molecule has 0 spiro atoms. The summed E-state index contributed by atoms with van der Waals surface area (Å²) in [6.45, 7) is 5.81. The highest BCUT2D eigenvalue weighted by Gasteiger charge is 2.06. The van der Waals surface area contributed by atoms with E-state index < -0.39 is 0 Å². The van der Waals surface area contributed by atoms with Crippen molar-refractivity contribution in [2.75, 3.05) is 10.6 Å². The number of hydrogen-bond acceptors (Lipinski definition) is 2. The predicted molar refractivity (Wildman–Crippen MR) is 92.1 cm³/mol. The minimum Gasteiger partial charge on any atom is -0.356 e. The first-order chi connectivity index (χ1) is 9.95. The van der Waals surface area contributed by atoms with Crippen molar-refractivity contribution in [2.24, 2.45) is 5.92 Å². The Bertz CT molecular complexity index is 636. The normalized spacial score (nSPS) is 10.5. The highest BCUT2D eigenvalue weighted by Crippen LogP contribution is 2.23. The van der Waals surface area contributed by atoms with Crippen molar-refractivity contribution < 1.29 is 4.79 Å². The van der Waals surface area contributed by atoms with Crippen LogP contribution in [0.5, 0.6) is 0 Å². The minimum absolute atomic E-state index is 0.0199. The van der Waals surface area contributed by atoms with Crippen molar-refractivity contribution in [1.82, 2.24) is 0 Å². The lowest BCUT2D eigenvalue weighted by Gasteiger charge is -2.10. The maximum absolute atomic E-state index is 11.6. The van der Waals surface area contributed by atoms with Crippen LogP contribution < -0.4 is 10.6 Å². The van der Waals surface area contributed by atoms with Crippen LogP contribution in [0.15, 0.2) is 46.9 Å². The summed E-state index contributed by atoms with van der Waals surface area (Å²) in [4.78, 5) is 11.6. The molecule has 0 heterocycles. The molecule has 0 unspecified atom stereocenters. The van der Waals surface area contributed by atoms with E-state index >= 15 is 0 Å². The lowest BCUT2D eigenvalue weighted by Crippen LogP contribution is -2.17. The highest BCUT2D eigenvalue weighted by molar-refractivity contribution is 9.10. The SMILES string of the molecule is Cc1cc(Nc2ccc(NC(=O)C(C)C)cc2)ccc1Br. The van der Waals surface area contributed by atoms with Crippen LogP contribution >= 0.6 is 15.9 Å². The Labute approximate surface area is 133 Å². The van der Waals surface area contributed by atoms with E-state index in [9.17, 15) is 4.79 Å². The molecule has 4 heteroatoms. The van der Waals surface area contributed by atoms with Gasteiger partial charge >= 0.3 is 0 Å². The van der Waals surface area contributed by atoms with Gasteiger partial charge in [-0.05, 0) is 55.0 Å². The zero-order chi connectivity index (χ0) is 15.4. The van der Waals surface area contributed by atoms with Crippen molar-refractivity contribution in [1.29, 1.82) is 0 Å². The van der Waals surface area contributed by atoms with E-state index in [2.05, 4.69) is 39.6 Å². The molecule has 1 amide bonds. The van der Waals surface area contributed by atoms with Crippen LogP contribution in [0.2, 0.25) is 0 Å². The van der Waals surface area contributed by atoms with Crippen molar-refractivity contribution >= 4 is 38.9 Å². The van der Waals surface area contributed by atoms with E-state index in [1.165, 1.54) is 5.56 Å². The fourth-order valence-electron chi connectivity index (χ4n) is 1.81. The molecule has 2 N–H and O–H groups in total. The molecule has 0 radical (unpaired) electrons. The number of halogens is 1. The number of hydrogen-bond donors (Lipinski definition) is 2. The van der Waals surface area contributed by atoms with Crippen LogP contribution in [-0.2, 0) is 4.79 Å². The number of anilines is 3. The molecule has 21 heavy (non-hydrogen) atoms. The average molecular weight is 347 g/mol. The van der Waals surface area contributed by atoms with Gasteiger partial charge in [0, 0.05) is 27.5 Å². The smallest absolute Gasteiger partial charge is 0.226 e. The Morgan fingerprint density at radius 1 is 1.00 bits per heavy atom. The maximum atomic E-state index is 11.6. The van der Waals surface area contributed by atoms with E-state index in [0.717, 1.165) is 21.5 Å². The predicted octanol–water partition coefficient (Wildman–Crippen LogP) is 5.10. The quantitative estimate of drug-likeness (QED) is 0.808. The van der Waals surface area contributed by atoms with Crippen LogP contribution in [0.4, 0.5) is 17.1 Å². The number of aryl methyl sites for hydroxylation is 1. The topological polar surface area (TPSA) is 41.1 Å². The Kier molecular flexibility index (Phi) is 5.02. The number of benzene rings is 2. The molecule has 0 saturated heterocycles. The van der Waals surface area contributed by atoms with Crippen molar-refractivity contribution in [3.63, 3.8) is 0 Å². The van der Waals surface area contributed by atoms with Gasteiger partial charge in [-0.15, -0.1) is 0 Å². The Balaban J connectivity index is 2.05. The van der Waals surface area contributed by atoms with E-state index in [4.69, 9.17) is 0 Å². The van der Waals surface area contributed by atoms with Gasteiger partial charge in [-0.2, -0.15) is 0 Å². The summed E-state index contributed by atoms with van der Waals surface area (Å²) in [5, 5.41) is 6.22. The zero-order valence-corrected chi connectivity index (χ0v) is 14.0. The Morgan fingerprint density at radius 3 is 2.14 bits per heavy atom. The largest absolute Gasteiger partial charge is 0.356 e. The number of rotatable bonds is 4. The van der Waals surface area contributed by atoms with Crippen LogP contribution in [0, 0.1) is 12.8 Å². The summed E-state index contributed by atoms with van der Waals surface area (Å²) in [6, 6.07) is 13.8. The van der Waals surface area contributed by atoms with Gasteiger partial charge in [0.2, 0.25) is 5.91 Å². The van der Waals surface area contributed by atoms with Gasteiger partial charge in [0.1, 0.15) is 0 Å². The zero-order valence-electron chi connectivity index (χ0n) is 12.4. The molecule has 2 aromatic rings. The standard InChI is InChI=1S/C17H19BrN2O/c1-11(2)17(21)20-14-6-4-13(5-7-14)19-15-8-9-16(18)12(3)10-15/h4-11,19H,1-3H3,(H,20,21). The third-order valence-electron chi connectivity index (χ3n) is 3.12. The van der Waals surface area contributed by atoms with Gasteiger partial charge in [-0.1, -0.05) is 29.8 Å². The number of nitrogens with one attached hydrogen (secondary N) is 2. The summed E-state index contributed by atoms with van der Waals surface area (Å²) in [5.74, 6) is 0.00721. The molecule has 0 aliphatic rings. The lowest BCUT2D eigenvalue weighted by molar-refractivity contribution is -0.118. The summed E-state index contributed by atoms with van der Waals surface area (Å²) < 4.78 is 1.10. The first-order valence-electron chi connectivity index (χ1n) is 6.90. The highest BCUT2D eigenvalue weighted by atomic mass is 79.9. The molecular weight excluding hydrogens is 328 g/mol. The maximum Gasteiger partial charge on any atom is 0.226 e. The van der Waals surface area contributed by atoms with Crippen LogP contribution in [0.25, 0.3) is 0 Å². The van der Waals surface area contributed by atoms with Crippen LogP contribution in [-0.4, -0.2) is 5.91 Å². The molecule has 0 aliphatic carbocycles. The molecule has 2 rings (SSSR count). The van der Waals surface area contributed by atoms with E-state index in [-0.39, 0.29) is 11.8 Å². The number of carbonyl (C=O) groups excluding carboxylic acids is 1. The number of amides is 1. The monoisotopic (exact) mass is 346 g/mol. The van der Waals surface area contributed by atoms with Crippen molar-refractivity contribution in [3.8, 4) is 0 Å². The summed E-state index contributed by atoms with van der Waals surface area (Å²) in [7, 11) is 0. The minimum atomic E-state index is -0.0199. The Morgan fingerprint density at radius 2 is 1.57 bits per heavy atom. The summed E-state index contributed by atoms with van der Waals surface area (Å²) in [6.07, 6.45) is 0. The van der Waals surface area contributed by atoms with Gasteiger partial charge < -0.3 is 10.6 Å². The first kappa shape index (κ1) is 15.6. The van der Waals surface area contributed by atoms with Gasteiger partial charge in [0.05, 0.1) is 0 Å². The molecule has 0 atom stereocenters.